The van der Waals surface area contributed by atoms with E-state index in [2.05, 4.69) is 0 Å². The number of ether oxygens (including phenoxy) is 1. The van der Waals surface area contributed by atoms with Gasteiger partial charge in [0.05, 0.1) is 27.6 Å². The quantitative estimate of drug-likeness (QED) is 0.244. The van der Waals surface area contributed by atoms with Crippen molar-refractivity contribution in [3.63, 3.8) is 0 Å². The van der Waals surface area contributed by atoms with E-state index < -0.39 is 24.0 Å². The molecule has 0 rings (SSSR count). The number of esters is 1. The zero-order valence-electron chi connectivity index (χ0n) is 14.2. The van der Waals surface area contributed by atoms with E-state index in [4.69, 9.17) is 14.9 Å². The highest BCUT2D eigenvalue weighted by Crippen LogP contribution is 2.07. The Kier molecular flexibility index (Phi) is 9.89. The molecule has 0 bridgehead atoms. The van der Waals surface area contributed by atoms with Crippen LogP contribution in [-0.4, -0.2) is 66.4 Å². The molecule has 0 aromatic heterocycles. The highest BCUT2D eigenvalue weighted by Gasteiger charge is 2.23. The number of hydrogen-bond donors (Lipinski definition) is 2. The summed E-state index contributed by atoms with van der Waals surface area (Å²) in [5, 5.41) is 17.4. The maximum absolute atomic E-state index is 11.7. The molecule has 1 atom stereocenters. The molecule has 0 saturated heterocycles. The minimum absolute atomic E-state index is 0.160. The van der Waals surface area contributed by atoms with Gasteiger partial charge in [0, 0.05) is 12.5 Å². The minimum atomic E-state index is -1.00. The largest absolute Gasteiger partial charge is 0.481 e. The van der Waals surface area contributed by atoms with Crippen LogP contribution in [0.3, 0.4) is 0 Å². The monoisotopic (exact) mass is 330 g/mol. The molecule has 0 spiro atoms. The highest BCUT2D eigenvalue weighted by atomic mass is 16.5. The van der Waals surface area contributed by atoms with E-state index in [-0.39, 0.29) is 12.8 Å². The van der Waals surface area contributed by atoms with Gasteiger partial charge in [-0.2, -0.15) is 0 Å². The summed E-state index contributed by atoms with van der Waals surface area (Å²) >= 11 is 0. The molecule has 0 aromatic rings. The van der Waals surface area contributed by atoms with Crippen LogP contribution in [0, 0.1) is 0 Å². The summed E-state index contributed by atoms with van der Waals surface area (Å²) in [6.07, 6.45) is 5.13. The van der Waals surface area contributed by atoms with Crippen molar-refractivity contribution in [2.45, 2.75) is 44.6 Å². The zero-order valence-corrected chi connectivity index (χ0v) is 14.2. The third-order valence-corrected chi connectivity index (χ3v) is 2.95. The predicted molar refractivity (Wildman–Crippen MR) is 84.9 cm³/mol. The molecule has 0 aliphatic heterocycles. The summed E-state index contributed by atoms with van der Waals surface area (Å²) < 4.78 is 5.70. The van der Waals surface area contributed by atoms with Crippen LogP contribution in [0.1, 0.15) is 38.5 Å². The lowest BCUT2D eigenvalue weighted by Gasteiger charge is -2.28. The molecular formula is C16H28NO6+. The molecule has 0 aliphatic rings. The molecule has 0 radical (unpaired) electrons. The number of carboxylic acids is 2. The van der Waals surface area contributed by atoms with Gasteiger partial charge in [0.15, 0.2) is 6.10 Å². The Morgan fingerprint density at radius 3 is 2.22 bits per heavy atom. The predicted octanol–water partition coefficient (Wildman–Crippen LogP) is 1.67. The van der Waals surface area contributed by atoms with Gasteiger partial charge in [-0.05, 0) is 19.3 Å². The van der Waals surface area contributed by atoms with Crippen molar-refractivity contribution in [3.8, 4) is 0 Å². The summed E-state index contributed by atoms with van der Waals surface area (Å²) in [4.78, 5) is 32.9. The lowest BCUT2D eigenvalue weighted by molar-refractivity contribution is -0.873. The summed E-state index contributed by atoms with van der Waals surface area (Å²) in [5.74, 6) is -2.35. The molecule has 0 aromatic carbocycles. The fourth-order valence-corrected chi connectivity index (χ4v) is 2.05. The summed E-state index contributed by atoms with van der Waals surface area (Å²) in [5.41, 5.74) is 0. The standard InChI is InChI=1S/C16H27NO6/c1-17(2,3)12-13(11-15(20)21)23-16(22)10-8-6-4-5-7-9-14(18)19/h8,10,13H,4-7,9,11-12H2,1-3H3,(H-,18,19,20,21)/p+1/b10-8+. The molecule has 1 unspecified atom stereocenters. The first-order chi connectivity index (χ1) is 10.6. The molecule has 0 amide bonds. The van der Waals surface area contributed by atoms with E-state index in [1.807, 2.05) is 21.1 Å². The Bertz CT molecular complexity index is 425. The van der Waals surface area contributed by atoms with Crippen LogP contribution in [0.15, 0.2) is 12.2 Å². The summed E-state index contributed by atoms with van der Waals surface area (Å²) in [6, 6.07) is 0. The van der Waals surface area contributed by atoms with E-state index in [0.717, 1.165) is 12.8 Å². The van der Waals surface area contributed by atoms with E-state index in [1.54, 1.807) is 6.08 Å². The van der Waals surface area contributed by atoms with Gasteiger partial charge in [0.25, 0.3) is 0 Å². The van der Waals surface area contributed by atoms with Gasteiger partial charge in [-0.25, -0.2) is 4.79 Å². The smallest absolute Gasteiger partial charge is 0.330 e. The van der Waals surface area contributed by atoms with Gasteiger partial charge in [-0.15, -0.1) is 0 Å². The average molecular weight is 330 g/mol. The number of carbonyl (C=O) groups excluding carboxylic acids is 1. The Labute approximate surface area is 137 Å². The number of quaternary nitrogens is 1. The van der Waals surface area contributed by atoms with Gasteiger partial charge < -0.3 is 19.4 Å². The topological polar surface area (TPSA) is 101 Å². The molecule has 0 saturated carbocycles. The second-order valence-electron chi connectivity index (χ2n) is 6.53. The Morgan fingerprint density at radius 2 is 1.70 bits per heavy atom. The van der Waals surface area contributed by atoms with Crippen LogP contribution in [-0.2, 0) is 19.1 Å². The normalized spacial score (nSPS) is 13.0. The van der Waals surface area contributed by atoms with Crippen LogP contribution in [0.25, 0.3) is 0 Å². The van der Waals surface area contributed by atoms with Crippen LogP contribution in [0.5, 0.6) is 0 Å². The first-order valence-electron chi connectivity index (χ1n) is 7.71. The number of unbranched alkanes of at least 4 members (excludes halogenated alkanes) is 3. The lowest BCUT2D eigenvalue weighted by Crippen LogP contribution is -2.43. The Hall–Kier alpha value is -1.89. The number of likely N-dealkylation sites (N-methyl/N-ethyl adjacent to an activating group) is 1. The van der Waals surface area contributed by atoms with Crippen molar-refractivity contribution < 1.29 is 33.8 Å². The molecule has 0 aliphatic carbocycles. The van der Waals surface area contributed by atoms with Gasteiger partial charge in [-0.1, -0.05) is 12.5 Å². The molecule has 0 heterocycles. The molecular weight excluding hydrogens is 302 g/mol. The van der Waals surface area contributed by atoms with Crippen LogP contribution in [0.4, 0.5) is 0 Å². The zero-order chi connectivity index (χ0) is 17.9. The third-order valence-electron chi connectivity index (χ3n) is 2.95. The average Bonchev–Trinajstić information content (AvgIpc) is 2.34. The maximum Gasteiger partial charge on any atom is 0.330 e. The second kappa shape index (κ2) is 10.8. The summed E-state index contributed by atoms with van der Waals surface area (Å²) in [6.45, 7) is 0.418. The first kappa shape index (κ1) is 21.1. The Balaban J connectivity index is 4.13. The molecule has 0 fully saturated rings. The van der Waals surface area contributed by atoms with Crippen molar-refractivity contribution in [2.24, 2.45) is 0 Å². The van der Waals surface area contributed by atoms with E-state index in [0.29, 0.717) is 23.9 Å². The first-order valence-corrected chi connectivity index (χ1v) is 7.71. The molecule has 7 heteroatoms. The van der Waals surface area contributed by atoms with E-state index in [1.165, 1.54) is 6.08 Å². The molecule has 7 nitrogen and oxygen atoms in total. The van der Waals surface area contributed by atoms with Crippen molar-refractivity contribution in [1.29, 1.82) is 0 Å². The fraction of sp³-hybridized carbons (Fsp3) is 0.688. The molecule has 2 N–H and O–H groups in total. The van der Waals surface area contributed by atoms with Crippen molar-refractivity contribution in [2.75, 3.05) is 27.7 Å². The van der Waals surface area contributed by atoms with Gasteiger partial charge in [0.1, 0.15) is 6.54 Å². The van der Waals surface area contributed by atoms with E-state index in [9.17, 15) is 14.4 Å². The number of hydrogen-bond acceptors (Lipinski definition) is 4. The number of nitrogens with zero attached hydrogens (tertiary/aromatic N) is 1. The minimum Gasteiger partial charge on any atom is -0.481 e. The van der Waals surface area contributed by atoms with Crippen LogP contribution in [0.2, 0.25) is 0 Å². The van der Waals surface area contributed by atoms with Gasteiger partial charge in [0.2, 0.25) is 0 Å². The number of carboxylic acid groups (broad SMARTS) is 2. The summed E-state index contributed by atoms with van der Waals surface area (Å²) in [7, 11) is 5.70. The molecule has 132 valence electrons. The maximum atomic E-state index is 11.7. The number of allylic oxidation sites excluding steroid dienone is 1. The van der Waals surface area contributed by atoms with Crippen molar-refractivity contribution in [3.05, 3.63) is 12.2 Å². The third kappa shape index (κ3) is 14.8. The van der Waals surface area contributed by atoms with Crippen LogP contribution >= 0.6 is 0 Å². The van der Waals surface area contributed by atoms with Gasteiger partial charge in [-0.3, -0.25) is 9.59 Å². The number of rotatable bonds is 12. The number of carbonyl (C=O) groups is 3. The highest BCUT2D eigenvalue weighted by molar-refractivity contribution is 5.82. The lowest BCUT2D eigenvalue weighted by atomic mass is 10.1. The Morgan fingerprint density at radius 1 is 1.04 bits per heavy atom. The number of aliphatic carboxylic acids is 2. The van der Waals surface area contributed by atoms with Crippen LogP contribution < -0.4 is 0 Å². The van der Waals surface area contributed by atoms with Crippen molar-refractivity contribution in [1.82, 2.24) is 0 Å². The van der Waals surface area contributed by atoms with Crippen molar-refractivity contribution >= 4 is 17.9 Å². The van der Waals surface area contributed by atoms with Gasteiger partial charge >= 0.3 is 17.9 Å². The molecule has 23 heavy (non-hydrogen) atoms. The SMILES string of the molecule is C[N+](C)(C)CC(CC(=O)O)OC(=O)/C=C/CCCCCC(=O)O. The second-order valence-corrected chi connectivity index (χ2v) is 6.53. The fourth-order valence-electron chi connectivity index (χ4n) is 2.05. The van der Waals surface area contributed by atoms with E-state index >= 15 is 0 Å².